The first-order valence-corrected chi connectivity index (χ1v) is 5.18. The first kappa shape index (κ1) is 13.6. The number of rotatable bonds is 3. The number of esters is 2. The minimum absolute atomic E-state index is 0.0870. The molecule has 17 heavy (non-hydrogen) atoms. The van der Waals surface area contributed by atoms with Gasteiger partial charge in [0.2, 0.25) is 0 Å². The van der Waals surface area contributed by atoms with E-state index in [2.05, 4.69) is 4.74 Å². The Hall–Kier alpha value is -1.49. The lowest BCUT2D eigenvalue weighted by atomic mass is 10.2. The summed E-state index contributed by atoms with van der Waals surface area (Å²) in [5, 5.41) is -0.279. The van der Waals surface area contributed by atoms with Gasteiger partial charge in [-0.3, -0.25) is 0 Å². The van der Waals surface area contributed by atoms with Crippen LogP contribution in [-0.4, -0.2) is 18.1 Å². The van der Waals surface area contributed by atoms with Crippen molar-refractivity contribution in [1.82, 2.24) is 0 Å². The maximum atomic E-state index is 12.8. The van der Waals surface area contributed by atoms with Crippen LogP contribution >= 0.6 is 11.6 Å². The topological polar surface area (TPSA) is 43.4 Å². The second kappa shape index (κ2) is 5.72. The molecule has 1 atom stereocenters. The minimum Gasteiger partial charge on any atom is -0.387 e. The summed E-state index contributed by atoms with van der Waals surface area (Å²) >= 11 is 5.44. The summed E-state index contributed by atoms with van der Waals surface area (Å²) in [7, 11) is 0. The molecule has 0 aromatic heterocycles. The predicted octanol–water partition coefficient (Wildman–Crippen LogP) is 2.91. The molecule has 6 heteroatoms. The Kier molecular flexibility index (Phi) is 4.57. The van der Waals surface area contributed by atoms with Crippen molar-refractivity contribution < 1.29 is 23.1 Å². The molecule has 0 heterocycles. The first-order chi connectivity index (χ1) is 7.95. The van der Waals surface area contributed by atoms with Crippen LogP contribution in [0.25, 0.3) is 0 Å². The Labute approximate surface area is 101 Å². The van der Waals surface area contributed by atoms with Gasteiger partial charge in [0, 0.05) is 0 Å². The molecule has 0 aliphatic heterocycles. The number of carbonyl (C=O) groups is 2. The van der Waals surface area contributed by atoms with Crippen molar-refractivity contribution in [3.8, 4) is 0 Å². The van der Waals surface area contributed by atoms with E-state index in [1.165, 1.54) is 6.92 Å². The van der Waals surface area contributed by atoms with Gasteiger partial charge in [-0.05, 0) is 24.6 Å². The largest absolute Gasteiger partial charge is 0.387 e. The highest BCUT2D eigenvalue weighted by atomic mass is 35.5. The van der Waals surface area contributed by atoms with Crippen molar-refractivity contribution in [1.29, 1.82) is 0 Å². The average molecular weight is 263 g/mol. The van der Waals surface area contributed by atoms with Gasteiger partial charge >= 0.3 is 11.9 Å². The number of ether oxygens (including phenoxy) is 1. The SMILES string of the molecule is CCC(F)C(=O)OC(=O)c1ccc(F)c(Cl)c1. The van der Waals surface area contributed by atoms with Crippen molar-refractivity contribution in [2.24, 2.45) is 0 Å². The van der Waals surface area contributed by atoms with Crippen LogP contribution in [0.4, 0.5) is 8.78 Å². The molecule has 0 fully saturated rings. The molecule has 1 aromatic rings. The lowest BCUT2D eigenvalue weighted by molar-refractivity contribution is -0.143. The van der Waals surface area contributed by atoms with Gasteiger partial charge in [0.15, 0.2) is 6.17 Å². The van der Waals surface area contributed by atoms with Crippen LogP contribution in [-0.2, 0) is 9.53 Å². The fourth-order valence-corrected chi connectivity index (χ4v) is 1.18. The standard InChI is InChI=1S/C11H9ClF2O3/c1-2-8(13)11(16)17-10(15)6-3-4-9(14)7(12)5-6/h3-5,8H,2H2,1H3. The van der Waals surface area contributed by atoms with Crippen molar-refractivity contribution in [3.63, 3.8) is 0 Å². The summed E-state index contributed by atoms with van der Waals surface area (Å²) in [6, 6.07) is 3.05. The minimum atomic E-state index is -1.85. The smallest absolute Gasteiger partial charge is 0.348 e. The van der Waals surface area contributed by atoms with Gasteiger partial charge in [-0.15, -0.1) is 0 Å². The highest BCUT2D eigenvalue weighted by molar-refractivity contribution is 6.31. The van der Waals surface area contributed by atoms with E-state index < -0.39 is 23.9 Å². The number of hydrogen-bond acceptors (Lipinski definition) is 3. The van der Waals surface area contributed by atoms with E-state index in [-0.39, 0.29) is 17.0 Å². The van der Waals surface area contributed by atoms with Crippen LogP contribution < -0.4 is 0 Å². The lowest BCUT2D eigenvalue weighted by Crippen LogP contribution is -2.21. The number of alkyl halides is 1. The molecule has 1 unspecified atom stereocenters. The van der Waals surface area contributed by atoms with Crippen LogP contribution in [0.3, 0.4) is 0 Å². The van der Waals surface area contributed by atoms with Crippen LogP contribution in [0.5, 0.6) is 0 Å². The van der Waals surface area contributed by atoms with E-state index in [1.54, 1.807) is 0 Å². The number of carbonyl (C=O) groups excluding carboxylic acids is 2. The fraction of sp³-hybridized carbons (Fsp3) is 0.273. The monoisotopic (exact) mass is 262 g/mol. The lowest BCUT2D eigenvalue weighted by Gasteiger charge is -2.05. The number of benzene rings is 1. The van der Waals surface area contributed by atoms with Gasteiger partial charge in [-0.25, -0.2) is 18.4 Å². The van der Waals surface area contributed by atoms with E-state index >= 15 is 0 Å². The molecule has 92 valence electrons. The molecule has 0 spiro atoms. The third-order valence-electron chi connectivity index (χ3n) is 1.96. The molecule has 0 aliphatic carbocycles. The number of halogens is 3. The van der Waals surface area contributed by atoms with Crippen molar-refractivity contribution >= 4 is 23.5 Å². The zero-order valence-corrected chi connectivity index (χ0v) is 9.63. The zero-order chi connectivity index (χ0) is 13.0. The summed E-state index contributed by atoms with van der Waals surface area (Å²) < 4.78 is 29.9. The van der Waals surface area contributed by atoms with Crippen molar-refractivity contribution in [2.75, 3.05) is 0 Å². The van der Waals surface area contributed by atoms with Crippen molar-refractivity contribution in [2.45, 2.75) is 19.5 Å². The molecular formula is C11H9ClF2O3. The Bertz CT molecular complexity index is 448. The summed E-state index contributed by atoms with van der Waals surface area (Å²) in [6.45, 7) is 1.44. The number of hydrogen-bond donors (Lipinski definition) is 0. The Morgan fingerprint density at radius 2 is 2.12 bits per heavy atom. The van der Waals surface area contributed by atoms with Crippen LogP contribution in [0.15, 0.2) is 18.2 Å². The van der Waals surface area contributed by atoms with Crippen LogP contribution in [0.2, 0.25) is 5.02 Å². The van der Waals surface area contributed by atoms with Crippen molar-refractivity contribution in [3.05, 3.63) is 34.6 Å². The Morgan fingerprint density at radius 3 is 2.65 bits per heavy atom. The molecule has 3 nitrogen and oxygen atoms in total. The molecule has 0 aliphatic rings. The molecule has 0 saturated heterocycles. The van der Waals surface area contributed by atoms with E-state index in [0.29, 0.717) is 0 Å². The molecule has 0 saturated carbocycles. The zero-order valence-electron chi connectivity index (χ0n) is 8.88. The molecule has 1 rings (SSSR count). The molecule has 0 N–H and O–H groups in total. The second-order valence-corrected chi connectivity index (χ2v) is 3.62. The summed E-state index contributed by atoms with van der Waals surface area (Å²) in [5.41, 5.74) is -0.118. The normalized spacial score (nSPS) is 12.0. The van der Waals surface area contributed by atoms with Crippen LogP contribution in [0.1, 0.15) is 23.7 Å². The van der Waals surface area contributed by atoms with Crippen LogP contribution in [0, 0.1) is 5.82 Å². The van der Waals surface area contributed by atoms with Gasteiger partial charge in [0.05, 0.1) is 10.6 Å². The third kappa shape index (κ3) is 3.49. The Balaban J connectivity index is 2.77. The first-order valence-electron chi connectivity index (χ1n) is 4.80. The molecule has 1 aromatic carbocycles. The third-order valence-corrected chi connectivity index (χ3v) is 2.25. The molecular weight excluding hydrogens is 254 g/mol. The average Bonchev–Trinajstić information content (AvgIpc) is 2.31. The quantitative estimate of drug-likeness (QED) is 0.621. The summed E-state index contributed by atoms with van der Waals surface area (Å²) in [6.07, 6.45) is -1.94. The molecule has 0 bridgehead atoms. The maximum absolute atomic E-state index is 12.8. The van der Waals surface area contributed by atoms with Gasteiger partial charge in [0.1, 0.15) is 5.82 Å². The van der Waals surface area contributed by atoms with Gasteiger partial charge < -0.3 is 4.74 Å². The predicted molar refractivity (Wildman–Crippen MR) is 57.0 cm³/mol. The maximum Gasteiger partial charge on any atom is 0.348 e. The van der Waals surface area contributed by atoms with Gasteiger partial charge in [-0.1, -0.05) is 18.5 Å². The van der Waals surface area contributed by atoms with E-state index in [9.17, 15) is 18.4 Å². The van der Waals surface area contributed by atoms with Gasteiger partial charge in [-0.2, -0.15) is 0 Å². The summed E-state index contributed by atoms with van der Waals surface area (Å²) in [4.78, 5) is 22.3. The van der Waals surface area contributed by atoms with E-state index in [0.717, 1.165) is 18.2 Å². The molecule has 0 radical (unpaired) electrons. The fourth-order valence-electron chi connectivity index (χ4n) is 1.00. The second-order valence-electron chi connectivity index (χ2n) is 3.21. The Morgan fingerprint density at radius 1 is 1.47 bits per heavy atom. The summed E-state index contributed by atoms with van der Waals surface area (Å²) in [5.74, 6) is -3.03. The highest BCUT2D eigenvalue weighted by Gasteiger charge is 2.21. The van der Waals surface area contributed by atoms with E-state index in [1.807, 2.05) is 0 Å². The van der Waals surface area contributed by atoms with Gasteiger partial charge in [0.25, 0.3) is 0 Å². The highest BCUT2D eigenvalue weighted by Crippen LogP contribution is 2.17. The van der Waals surface area contributed by atoms with E-state index in [4.69, 9.17) is 11.6 Å². The molecule has 0 amide bonds.